The van der Waals surface area contributed by atoms with Gasteiger partial charge in [-0.05, 0) is 6.42 Å². The molecular formula is C16H27NO5S. The van der Waals surface area contributed by atoms with Crippen molar-refractivity contribution in [2.75, 3.05) is 39.2 Å². The largest absolute Gasteiger partial charge is 0.385 e. The van der Waals surface area contributed by atoms with Crippen LogP contribution in [0.5, 0.6) is 0 Å². The number of hydrogen-bond donors (Lipinski definition) is 0. The van der Waals surface area contributed by atoms with E-state index in [0.717, 1.165) is 6.42 Å². The molecule has 0 aromatic rings. The second kappa shape index (κ2) is 10.8. The number of carbonyl (C=O) groups is 3. The molecule has 0 N–H and O–H groups in total. The number of carbonyl (C=O) groups excluding carboxylic acids is 3. The van der Waals surface area contributed by atoms with Crippen molar-refractivity contribution < 1.29 is 23.9 Å². The minimum atomic E-state index is -0.334. The van der Waals surface area contributed by atoms with Crippen LogP contribution in [0.15, 0.2) is 0 Å². The topological polar surface area (TPSA) is 72.9 Å². The monoisotopic (exact) mass is 345 g/mol. The van der Waals surface area contributed by atoms with Crippen LogP contribution in [-0.4, -0.2) is 67.0 Å². The van der Waals surface area contributed by atoms with E-state index < -0.39 is 0 Å². The third-order valence-corrected chi connectivity index (χ3v) is 4.79. The summed E-state index contributed by atoms with van der Waals surface area (Å²) in [5, 5.41) is -0.334. The first-order valence-corrected chi connectivity index (χ1v) is 9.07. The molecule has 0 aromatic heterocycles. The summed E-state index contributed by atoms with van der Waals surface area (Å²) >= 11 is 1.45. The number of methoxy groups -OCH3 is 1. The molecule has 6 nitrogen and oxygen atoms in total. The Balaban J connectivity index is 2.25. The molecule has 1 unspecified atom stereocenters. The van der Waals surface area contributed by atoms with Gasteiger partial charge in [0.25, 0.3) is 0 Å². The summed E-state index contributed by atoms with van der Waals surface area (Å²) in [4.78, 5) is 37.0. The van der Waals surface area contributed by atoms with Crippen molar-refractivity contribution in [2.24, 2.45) is 5.92 Å². The highest BCUT2D eigenvalue weighted by Crippen LogP contribution is 2.25. The summed E-state index contributed by atoms with van der Waals surface area (Å²) in [5.74, 6) is 0.338. The second-order valence-corrected chi connectivity index (χ2v) is 7.09. The van der Waals surface area contributed by atoms with Crippen molar-refractivity contribution in [3.8, 4) is 0 Å². The molecule has 23 heavy (non-hydrogen) atoms. The summed E-state index contributed by atoms with van der Waals surface area (Å²) in [6.45, 7) is 5.71. The van der Waals surface area contributed by atoms with Gasteiger partial charge < -0.3 is 9.47 Å². The molecule has 2 amide bonds. The maximum Gasteiger partial charge on any atom is 0.242 e. The molecule has 1 heterocycles. The summed E-state index contributed by atoms with van der Waals surface area (Å²) in [5.41, 5.74) is 0. The fraction of sp³-hybridized carbons (Fsp3) is 0.812. The summed E-state index contributed by atoms with van der Waals surface area (Å²) < 4.78 is 10.4. The number of ketones is 1. The molecule has 1 atom stereocenters. The van der Waals surface area contributed by atoms with E-state index in [1.54, 1.807) is 7.11 Å². The van der Waals surface area contributed by atoms with Crippen molar-refractivity contribution in [1.82, 2.24) is 4.90 Å². The average molecular weight is 345 g/mol. The van der Waals surface area contributed by atoms with Crippen molar-refractivity contribution in [3.05, 3.63) is 0 Å². The second-order valence-electron chi connectivity index (χ2n) is 5.78. The molecule has 0 aromatic carbocycles. The fourth-order valence-corrected chi connectivity index (χ4v) is 3.21. The van der Waals surface area contributed by atoms with E-state index in [1.165, 1.54) is 16.7 Å². The van der Waals surface area contributed by atoms with Crippen molar-refractivity contribution >= 4 is 29.4 Å². The predicted molar refractivity (Wildman–Crippen MR) is 89.4 cm³/mol. The molecule has 1 aliphatic rings. The number of nitrogens with zero attached hydrogens (tertiary/aromatic N) is 1. The SMILES string of the molecule is COCCCOCCSC1CC(=O)N(CCC(=O)C(C)C)C1=O. The van der Waals surface area contributed by atoms with Gasteiger partial charge >= 0.3 is 0 Å². The van der Waals surface area contributed by atoms with Crippen molar-refractivity contribution in [2.45, 2.75) is 38.4 Å². The number of amides is 2. The summed E-state index contributed by atoms with van der Waals surface area (Å²) in [7, 11) is 1.65. The van der Waals surface area contributed by atoms with Gasteiger partial charge in [-0.15, -0.1) is 11.8 Å². The normalized spacial score (nSPS) is 18.3. The van der Waals surface area contributed by atoms with Gasteiger partial charge in [0.15, 0.2) is 0 Å². The van der Waals surface area contributed by atoms with Gasteiger partial charge in [0.1, 0.15) is 5.78 Å². The van der Waals surface area contributed by atoms with Gasteiger partial charge in [-0.2, -0.15) is 0 Å². The average Bonchev–Trinajstić information content (AvgIpc) is 2.78. The lowest BCUT2D eigenvalue weighted by molar-refractivity contribution is -0.138. The Kier molecular flexibility index (Phi) is 9.43. The zero-order chi connectivity index (χ0) is 17.2. The number of hydrogen-bond acceptors (Lipinski definition) is 6. The minimum absolute atomic E-state index is 0.0664. The van der Waals surface area contributed by atoms with E-state index in [-0.39, 0.29) is 48.2 Å². The van der Waals surface area contributed by atoms with E-state index in [4.69, 9.17) is 9.47 Å². The predicted octanol–water partition coefficient (Wildman–Crippen LogP) is 1.52. The van der Waals surface area contributed by atoms with E-state index >= 15 is 0 Å². The van der Waals surface area contributed by atoms with E-state index in [9.17, 15) is 14.4 Å². The van der Waals surface area contributed by atoms with E-state index in [1.807, 2.05) is 13.8 Å². The van der Waals surface area contributed by atoms with Gasteiger partial charge in [0.05, 0.1) is 11.9 Å². The first-order valence-electron chi connectivity index (χ1n) is 8.02. The molecular weight excluding hydrogens is 318 g/mol. The molecule has 7 heteroatoms. The Hall–Kier alpha value is -0.920. The highest BCUT2D eigenvalue weighted by molar-refractivity contribution is 8.00. The zero-order valence-electron chi connectivity index (χ0n) is 14.2. The molecule has 0 aliphatic carbocycles. The van der Waals surface area contributed by atoms with Crippen LogP contribution in [0, 0.1) is 5.92 Å². The standard InChI is InChI=1S/C16H27NO5S/c1-12(2)13(18)5-6-17-15(19)11-14(16(17)20)23-10-9-22-8-4-7-21-3/h12,14H,4-11H2,1-3H3. The molecule has 1 rings (SSSR count). The smallest absolute Gasteiger partial charge is 0.242 e. The van der Waals surface area contributed by atoms with Gasteiger partial charge in [-0.1, -0.05) is 13.8 Å². The van der Waals surface area contributed by atoms with Crippen LogP contribution in [-0.2, 0) is 23.9 Å². The lowest BCUT2D eigenvalue weighted by Gasteiger charge is -2.15. The number of thioether (sulfide) groups is 1. The Morgan fingerprint density at radius 2 is 2.04 bits per heavy atom. The molecule has 132 valence electrons. The van der Waals surface area contributed by atoms with Crippen molar-refractivity contribution in [3.63, 3.8) is 0 Å². The fourth-order valence-electron chi connectivity index (χ4n) is 2.19. The maximum absolute atomic E-state index is 12.2. The van der Waals surface area contributed by atoms with Gasteiger partial charge in [-0.25, -0.2) is 0 Å². The Labute approximate surface area is 142 Å². The third kappa shape index (κ3) is 7.01. The molecule has 0 spiro atoms. The van der Waals surface area contributed by atoms with Gasteiger partial charge in [0.2, 0.25) is 11.8 Å². The first-order chi connectivity index (χ1) is 11.0. The summed E-state index contributed by atoms with van der Waals surface area (Å²) in [6, 6.07) is 0. The Morgan fingerprint density at radius 1 is 1.30 bits per heavy atom. The van der Waals surface area contributed by atoms with Crippen molar-refractivity contribution in [1.29, 1.82) is 0 Å². The molecule has 0 bridgehead atoms. The lowest BCUT2D eigenvalue weighted by Crippen LogP contribution is -2.33. The van der Waals surface area contributed by atoms with Crippen LogP contribution in [0.4, 0.5) is 0 Å². The number of likely N-dealkylation sites (tertiary alicyclic amines) is 1. The van der Waals surface area contributed by atoms with Gasteiger partial charge in [-0.3, -0.25) is 19.3 Å². The maximum atomic E-state index is 12.2. The molecule has 0 saturated carbocycles. The quantitative estimate of drug-likeness (QED) is 0.394. The van der Waals surface area contributed by atoms with Crippen LogP contribution in [0.25, 0.3) is 0 Å². The number of rotatable bonds is 12. The molecule has 0 radical (unpaired) electrons. The first kappa shape index (κ1) is 20.1. The summed E-state index contributed by atoms with van der Waals surface area (Å²) in [6.07, 6.45) is 1.32. The number of ether oxygens (including phenoxy) is 2. The zero-order valence-corrected chi connectivity index (χ0v) is 15.0. The Morgan fingerprint density at radius 3 is 2.70 bits per heavy atom. The van der Waals surface area contributed by atoms with Crippen LogP contribution in [0.2, 0.25) is 0 Å². The van der Waals surface area contributed by atoms with Crippen LogP contribution < -0.4 is 0 Å². The highest BCUT2D eigenvalue weighted by Gasteiger charge is 2.38. The van der Waals surface area contributed by atoms with Crippen LogP contribution in [0.1, 0.15) is 33.1 Å². The lowest BCUT2D eigenvalue weighted by atomic mass is 10.1. The van der Waals surface area contributed by atoms with Crippen LogP contribution >= 0.6 is 11.8 Å². The minimum Gasteiger partial charge on any atom is -0.385 e. The number of Topliss-reactive ketones (excluding diaryl/α,β-unsaturated/α-hetero) is 1. The van der Waals surface area contributed by atoms with Crippen LogP contribution in [0.3, 0.4) is 0 Å². The number of imide groups is 1. The Bertz CT molecular complexity index is 413. The molecule has 1 aliphatic heterocycles. The molecule has 1 saturated heterocycles. The van der Waals surface area contributed by atoms with E-state index in [2.05, 4.69) is 0 Å². The molecule has 1 fully saturated rings. The highest BCUT2D eigenvalue weighted by atomic mass is 32.2. The third-order valence-electron chi connectivity index (χ3n) is 3.61. The van der Waals surface area contributed by atoms with Gasteiger partial charge in [0, 0.05) is 51.4 Å². The van der Waals surface area contributed by atoms with E-state index in [0.29, 0.717) is 25.6 Å².